The molecule has 0 fully saturated rings. The number of hydrogen-bond acceptors (Lipinski definition) is 1. The van der Waals surface area contributed by atoms with E-state index in [1.807, 2.05) is 6.07 Å². The predicted octanol–water partition coefficient (Wildman–Crippen LogP) is 3.27. The molecule has 0 amide bonds. The highest BCUT2D eigenvalue weighted by molar-refractivity contribution is 5.15. The summed E-state index contributed by atoms with van der Waals surface area (Å²) in [5.41, 5.74) is 1.33. The normalized spacial score (nSPS) is 14.9. The summed E-state index contributed by atoms with van der Waals surface area (Å²) in [6, 6.07) is 10.4. The molecule has 1 rings (SSSR count). The van der Waals surface area contributed by atoms with Crippen LogP contribution in [-0.2, 0) is 6.42 Å². The molecule has 1 heteroatoms. The van der Waals surface area contributed by atoms with E-state index in [9.17, 15) is 5.11 Å². The molecule has 2 atom stereocenters. The number of aliphatic hydroxyl groups excluding tert-OH is 1. The molecule has 15 heavy (non-hydrogen) atoms. The first-order chi connectivity index (χ1) is 7.26. The van der Waals surface area contributed by atoms with Gasteiger partial charge in [-0.2, -0.15) is 0 Å². The number of benzene rings is 1. The topological polar surface area (TPSA) is 20.2 Å². The van der Waals surface area contributed by atoms with E-state index in [2.05, 4.69) is 38.1 Å². The minimum Gasteiger partial charge on any atom is -0.396 e. The van der Waals surface area contributed by atoms with Crippen LogP contribution in [0.1, 0.15) is 32.3 Å². The minimum absolute atomic E-state index is 0.305. The Hall–Kier alpha value is -0.820. The van der Waals surface area contributed by atoms with Crippen LogP contribution in [0.2, 0.25) is 0 Å². The molecule has 1 N–H and O–H groups in total. The van der Waals surface area contributed by atoms with Crippen molar-refractivity contribution < 1.29 is 5.11 Å². The van der Waals surface area contributed by atoms with E-state index in [-0.39, 0.29) is 0 Å². The summed E-state index contributed by atoms with van der Waals surface area (Å²) in [4.78, 5) is 0. The number of rotatable bonds is 6. The van der Waals surface area contributed by atoms with E-state index in [4.69, 9.17) is 0 Å². The van der Waals surface area contributed by atoms with Gasteiger partial charge in [0.2, 0.25) is 0 Å². The third kappa shape index (κ3) is 4.48. The zero-order chi connectivity index (χ0) is 11.1. The summed E-state index contributed by atoms with van der Waals surface area (Å²) >= 11 is 0. The second kappa shape index (κ2) is 6.62. The molecule has 1 aromatic rings. The molecule has 0 saturated heterocycles. The van der Waals surface area contributed by atoms with Gasteiger partial charge in [-0.25, -0.2) is 0 Å². The summed E-state index contributed by atoms with van der Waals surface area (Å²) in [5, 5.41) is 9.33. The van der Waals surface area contributed by atoms with Gasteiger partial charge in [0.1, 0.15) is 0 Å². The molecule has 0 aliphatic carbocycles. The number of hydrogen-bond donors (Lipinski definition) is 1. The van der Waals surface area contributed by atoms with Gasteiger partial charge in [-0.05, 0) is 30.2 Å². The van der Waals surface area contributed by atoms with Crippen molar-refractivity contribution in [3.05, 3.63) is 35.9 Å². The van der Waals surface area contributed by atoms with Crippen LogP contribution < -0.4 is 0 Å². The van der Waals surface area contributed by atoms with Crippen LogP contribution >= 0.6 is 0 Å². The van der Waals surface area contributed by atoms with Crippen LogP contribution in [0.5, 0.6) is 0 Å². The van der Waals surface area contributed by atoms with Crippen molar-refractivity contribution in [3.63, 3.8) is 0 Å². The third-order valence-corrected chi connectivity index (χ3v) is 3.06. The Morgan fingerprint density at radius 3 is 2.40 bits per heavy atom. The van der Waals surface area contributed by atoms with Crippen LogP contribution in [0.4, 0.5) is 0 Å². The van der Waals surface area contributed by atoms with Gasteiger partial charge >= 0.3 is 0 Å². The van der Waals surface area contributed by atoms with Gasteiger partial charge in [-0.1, -0.05) is 50.6 Å². The van der Waals surface area contributed by atoms with Crippen molar-refractivity contribution in [2.45, 2.75) is 33.1 Å². The molecular weight excluding hydrogens is 184 g/mol. The van der Waals surface area contributed by atoms with Crippen LogP contribution in [0.25, 0.3) is 0 Å². The van der Waals surface area contributed by atoms with E-state index in [0.717, 1.165) is 12.8 Å². The van der Waals surface area contributed by atoms with Crippen molar-refractivity contribution in [1.29, 1.82) is 0 Å². The quantitative estimate of drug-likeness (QED) is 0.757. The summed E-state index contributed by atoms with van der Waals surface area (Å²) in [6.45, 7) is 4.77. The average molecular weight is 206 g/mol. The van der Waals surface area contributed by atoms with Crippen LogP contribution in [0.15, 0.2) is 30.3 Å². The Bertz CT molecular complexity index is 255. The lowest BCUT2D eigenvalue weighted by molar-refractivity contribution is 0.201. The first-order valence-electron chi connectivity index (χ1n) is 5.91. The summed E-state index contributed by atoms with van der Waals surface area (Å²) in [5.74, 6) is 1.13. The average Bonchev–Trinajstić information content (AvgIpc) is 2.29. The predicted molar refractivity (Wildman–Crippen MR) is 64.8 cm³/mol. The van der Waals surface area contributed by atoms with Gasteiger partial charge in [-0.3, -0.25) is 0 Å². The Morgan fingerprint density at radius 1 is 1.20 bits per heavy atom. The highest BCUT2D eigenvalue weighted by Crippen LogP contribution is 2.18. The monoisotopic (exact) mass is 206 g/mol. The SMILES string of the molecule is CCC(C)CC(CO)Cc1ccccc1. The van der Waals surface area contributed by atoms with E-state index in [1.54, 1.807) is 0 Å². The first-order valence-corrected chi connectivity index (χ1v) is 5.91. The fourth-order valence-corrected chi connectivity index (χ4v) is 1.91. The molecule has 0 aliphatic heterocycles. The molecule has 0 saturated carbocycles. The largest absolute Gasteiger partial charge is 0.396 e. The molecule has 0 radical (unpaired) electrons. The molecule has 84 valence electrons. The van der Waals surface area contributed by atoms with Crippen molar-refractivity contribution >= 4 is 0 Å². The summed E-state index contributed by atoms with van der Waals surface area (Å²) in [6.07, 6.45) is 3.33. The van der Waals surface area contributed by atoms with Gasteiger partial charge in [0, 0.05) is 6.61 Å². The third-order valence-electron chi connectivity index (χ3n) is 3.06. The molecule has 0 heterocycles. The molecule has 0 bridgehead atoms. The van der Waals surface area contributed by atoms with Gasteiger partial charge in [0.15, 0.2) is 0 Å². The van der Waals surface area contributed by atoms with Gasteiger partial charge in [0.05, 0.1) is 0 Å². The molecule has 0 aliphatic rings. The van der Waals surface area contributed by atoms with Crippen molar-refractivity contribution in [1.82, 2.24) is 0 Å². The minimum atomic E-state index is 0.305. The zero-order valence-corrected chi connectivity index (χ0v) is 9.82. The Morgan fingerprint density at radius 2 is 1.87 bits per heavy atom. The molecular formula is C14H22O. The Labute approximate surface area is 93.1 Å². The lowest BCUT2D eigenvalue weighted by Gasteiger charge is -2.18. The Kier molecular flexibility index (Phi) is 5.41. The molecule has 2 unspecified atom stereocenters. The van der Waals surface area contributed by atoms with Crippen molar-refractivity contribution in [2.24, 2.45) is 11.8 Å². The lowest BCUT2D eigenvalue weighted by atomic mass is 9.90. The zero-order valence-electron chi connectivity index (χ0n) is 9.82. The van der Waals surface area contributed by atoms with Crippen LogP contribution in [-0.4, -0.2) is 11.7 Å². The van der Waals surface area contributed by atoms with Crippen LogP contribution in [0.3, 0.4) is 0 Å². The molecule has 0 spiro atoms. The maximum atomic E-state index is 9.33. The highest BCUT2D eigenvalue weighted by atomic mass is 16.3. The molecule has 1 aromatic carbocycles. The highest BCUT2D eigenvalue weighted by Gasteiger charge is 2.11. The maximum Gasteiger partial charge on any atom is 0.0462 e. The summed E-state index contributed by atoms with van der Waals surface area (Å²) < 4.78 is 0. The molecule has 1 nitrogen and oxygen atoms in total. The van der Waals surface area contributed by atoms with E-state index in [1.165, 1.54) is 12.0 Å². The fraction of sp³-hybridized carbons (Fsp3) is 0.571. The summed E-state index contributed by atoms with van der Waals surface area (Å²) in [7, 11) is 0. The van der Waals surface area contributed by atoms with Gasteiger partial charge in [0.25, 0.3) is 0 Å². The van der Waals surface area contributed by atoms with E-state index >= 15 is 0 Å². The van der Waals surface area contributed by atoms with Crippen LogP contribution in [0, 0.1) is 11.8 Å². The second-order valence-corrected chi connectivity index (χ2v) is 4.49. The lowest BCUT2D eigenvalue weighted by Crippen LogP contribution is -2.13. The fourth-order valence-electron chi connectivity index (χ4n) is 1.91. The maximum absolute atomic E-state index is 9.33. The van der Waals surface area contributed by atoms with Gasteiger partial charge < -0.3 is 5.11 Å². The standard InChI is InChI=1S/C14H22O/c1-3-12(2)9-14(11-15)10-13-7-5-4-6-8-13/h4-8,12,14-15H,3,9-11H2,1-2H3. The van der Waals surface area contributed by atoms with E-state index in [0.29, 0.717) is 18.4 Å². The second-order valence-electron chi connectivity index (χ2n) is 4.49. The van der Waals surface area contributed by atoms with Crippen molar-refractivity contribution in [2.75, 3.05) is 6.61 Å². The van der Waals surface area contributed by atoms with Gasteiger partial charge in [-0.15, -0.1) is 0 Å². The Balaban J connectivity index is 2.47. The first kappa shape index (κ1) is 12.3. The molecule has 0 aromatic heterocycles. The number of aliphatic hydroxyl groups is 1. The smallest absolute Gasteiger partial charge is 0.0462 e. The van der Waals surface area contributed by atoms with E-state index < -0.39 is 0 Å². The van der Waals surface area contributed by atoms with Crippen molar-refractivity contribution in [3.8, 4) is 0 Å².